The van der Waals surface area contributed by atoms with E-state index in [0.29, 0.717) is 21.4 Å². The SMILES string of the molecule is COC(=O)[C@H]1Cc2c([nH]c3ccccc23)[C@@H](c2ccc3c(c2)OCO3)N1C(=O)COC(F)(F)C(F)(F)C(F)(F)C(F)(F)C(F)(F)F. The van der Waals surface area contributed by atoms with Gasteiger partial charge < -0.3 is 28.8 Å². The second-order valence-electron chi connectivity index (χ2n) is 10.1. The number of nitrogens with one attached hydrogen (secondary N) is 1. The zero-order chi connectivity index (χ0) is 34.0. The van der Waals surface area contributed by atoms with E-state index in [1.54, 1.807) is 24.3 Å². The Bertz CT molecular complexity index is 1670. The van der Waals surface area contributed by atoms with Gasteiger partial charge >= 0.3 is 36.0 Å². The quantitative estimate of drug-likeness (QED) is 0.233. The Morgan fingerprint density at radius 1 is 0.891 bits per heavy atom. The smallest absolute Gasteiger partial charge is 0.460 e. The number of benzene rings is 2. The number of aromatic nitrogens is 1. The molecular weight excluding hydrogens is 657 g/mol. The third-order valence-electron chi connectivity index (χ3n) is 7.49. The molecule has 19 heteroatoms. The largest absolute Gasteiger partial charge is 0.467 e. The number of rotatable bonds is 8. The van der Waals surface area contributed by atoms with Gasteiger partial charge in [-0.3, -0.25) is 4.79 Å². The number of halogens is 11. The maximum atomic E-state index is 14.4. The molecule has 3 heterocycles. The lowest BCUT2D eigenvalue weighted by Crippen LogP contribution is -2.67. The number of amides is 1. The lowest BCUT2D eigenvalue weighted by atomic mass is 9.87. The molecule has 0 spiro atoms. The summed E-state index contributed by atoms with van der Waals surface area (Å²) in [6.07, 6.45) is -14.5. The summed E-state index contributed by atoms with van der Waals surface area (Å²) in [5.41, 5.74) is 1.21. The highest BCUT2D eigenvalue weighted by molar-refractivity contribution is 5.91. The number of fused-ring (bicyclic) bond motifs is 4. The summed E-state index contributed by atoms with van der Waals surface area (Å²) in [6, 6.07) is 7.48. The summed E-state index contributed by atoms with van der Waals surface area (Å²) in [5, 5.41) is 0.555. The molecule has 0 saturated heterocycles. The van der Waals surface area contributed by atoms with Crippen molar-refractivity contribution in [1.29, 1.82) is 0 Å². The first-order chi connectivity index (χ1) is 21.3. The van der Waals surface area contributed by atoms with Crippen LogP contribution in [0.2, 0.25) is 0 Å². The van der Waals surface area contributed by atoms with Crippen molar-refractivity contribution in [2.45, 2.75) is 48.6 Å². The molecular formula is C27H19F11N2O6. The number of ether oxygens (including phenoxy) is 4. The Kier molecular flexibility index (Phi) is 7.85. The normalized spacial score (nSPS) is 18.9. The first-order valence-corrected chi connectivity index (χ1v) is 12.9. The van der Waals surface area contributed by atoms with Crippen molar-refractivity contribution in [2.24, 2.45) is 0 Å². The maximum absolute atomic E-state index is 14.4. The van der Waals surface area contributed by atoms with Gasteiger partial charge in [0.1, 0.15) is 12.6 Å². The highest BCUT2D eigenvalue weighted by atomic mass is 19.4. The Morgan fingerprint density at radius 2 is 1.54 bits per heavy atom. The Labute approximate surface area is 249 Å². The van der Waals surface area contributed by atoms with Crippen LogP contribution >= 0.6 is 0 Å². The Hall–Kier alpha value is -4.29. The lowest BCUT2D eigenvalue weighted by molar-refractivity contribution is -0.455. The number of methoxy groups -OCH3 is 1. The van der Waals surface area contributed by atoms with Crippen LogP contribution in [0.15, 0.2) is 42.5 Å². The van der Waals surface area contributed by atoms with E-state index >= 15 is 0 Å². The maximum Gasteiger partial charge on any atom is 0.460 e. The molecule has 1 amide bonds. The van der Waals surface area contributed by atoms with E-state index < -0.39 is 60.6 Å². The van der Waals surface area contributed by atoms with E-state index in [2.05, 4.69) is 9.72 Å². The third kappa shape index (κ3) is 4.94. The molecule has 2 atom stereocenters. The van der Waals surface area contributed by atoms with Gasteiger partial charge in [-0.2, -0.15) is 48.3 Å². The standard InChI is InChI=1S/C27H19F11N2O6/c1-43-22(42)16-9-14-13-4-2-3-5-15(13)39-20(14)21(12-6-7-17-18(8-12)45-11-44-17)40(16)19(41)10-46-27(37,38)25(32,33)23(28,29)24(30,31)26(34,35)36/h2-8,16,21,39H,9-11H2,1H3/t16-,21-/m1/s1. The van der Waals surface area contributed by atoms with Crippen LogP contribution in [0.1, 0.15) is 22.9 Å². The van der Waals surface area contributed by atoms with Crippen LogP contribution in [-0.2, 0) is 25.5 Å². The topological polar surface area (TPSA) is 90.1 Å². The van der Waals surface area contributed by atoms with E-state index in [-0.39, 0.29) is 36.0 Å². The molecule has 46 heavy (non-hydrogen) atoms. The second-order valence-corrected chi connectivity index (χ2v) is 10.1. The molecule has 1 aromatic heterocycles. The van der Waals surface area contributed by atoms with Crippen LogP contribution in [0.3, 0.4) is 0 Å². The van der Waals surface area contributed by atoms with Gasteiger partial charge in [-0.05, 0) is 29.3 Å². The number of carbonyl (C=O) groups is 2. The van der Waals surface area contributed by atoms with Crippen molar-refractivity contribution in [3.8, 4) is 11.5 Å². The van der Waals surface area contributed by atoms with Crippen molar-refractivity contribution >= 4 is 22.8 Å². The molecule has 0 radical (unpaired) electrons. The number of nitrogens with zero attached hydrogens (tertiary/aromatic N) is 1. The molecule has 0 saturated carbocycles. The van der Waals surface area contributed by atoms with Gasteiger partial charge in [0.2, 0.25) is 12.7 Å². The summed E-state index contributed by atoms with van der Waals surface area (Å²) >= 11 is 0. The summed E-state index contributed by atoms with van der Waals surface area (Å²) < 4.78 is 167. The van der Waals surface area contributed by atoms with Crippen LogP contribution in [0.4, 0.5) is 48.3 Å². The monoisotopic (exact) mass is 676 g/mol. The number of hydrogen-bond donors (Lipinski definition) is 1. The molecule has 0 aliphatic carbocycles. The summed E-state index contributed by atoms with van der Waals surface area (Å²) in [6.45, 7) is -2.50. The van der Waals surface area contributed by atoms with Crippen molar-refractivity contribution in [3.05, 3.63) is 59.3 Å². The van der Waals surface area contributed by atoms with Gasteiger partial charge in [0.05, 0.1) is 13.2 Å². The summed E-state index contributed by atoms with van der Waals surface area (Å²) in [4.78, 5) is 30.0. The molecule has 0 fully saturated rings. The molecule has 0 unspecified atom stereocenters. The Balaban J connectivity index is 1.56. The number of hydrogen-bond acceptors (Lipinski definition) is 6. The fraction of sp³-hybridized carbons (Fsp3) is 0.407. The van der Waals surface area contributed by atoms with Crippen molar-refractivity contribution in [1.82, 2.24) is 9.88 Å². The van der Waals surface area contributed by atoms with Crippen molar-refractivity contribution in [2.75, 3.05) is 20.5 Å². The van der Waals surface area contributed by atoms with E-state index in [9.17, 15) is 57.9 Å². The van der Waals surface area contributed by atoms with E-state index in [1.165, 1.54) is 18.2 Å². The van der Waals surface area contributed by atoms with Crippen molar-refractivity contribution < 1.29 is 76.8 Å². The highest BCUT2D eigenvalue weighted by Gasteiger charge is 2.88. The van der Waals surface area contributed by atoms with E-state index in [0.717, 1.165) is 7.11 Å². The second kappa shape index (κ2) is 10.9. The van der Waals surface area contributed by atoms with E-state index in [1.807, 2.05) is 0 Å². The Morgan fingerprint density at radius 3 is 2.20 bits per heavy atom. The van der Waals surface area contributed by atoms with Gasteiger partial charge in [0.25, 0.3) is 0 Å². The predicted molar refractivity (Wildman–Crippen MR) is 131 cm³/mol. The number of carbonyl (C=O) groups excluding carboxylic acids is 2. The fourth-order valence-electron chi connectivity index (χ4n) is 5.22. The summed E-state index contributed by atoms with van der Waals surface area (Å²) in [7, 11) is 0.902. The number of H-pyrrole nitrogens is 1. The molecule has 250 valence electrons. The van der Waals surface area contributed by atoms with Gasteiger partial charge in [0, 0.05) is 23.0 Å². The lowest BCUT2D eigenvalue weighted by Gasteiger charge is -2.41. The predicted octanol–water partition coefficient (Wildman–Crippen LogP) is 5.99. The zero-order valence-corrected chi connectivity index (χ0v) is 22.9. The minimum atomic E-state index is -7.74. The molecule has 0 bridgehead atoms. The van der Waals surface area contributed by atoms with Gasteiger partial charge in [-0.15, -0.1) is 0 Å². The van der Waals surface area contributed by atoms with Crippen LogP contribution in [0.5, 0.6) is 11.5 Å². The molecule has 2 aliphatic heterocycles. The third-order valence-corrected chi connectivity index (χ3v) is 7.49. The number of alkyl halides is 11. The fourth-order valence-corrected chi connectivity index (χ4v) is 5.22. The first-order valence-electron chi connectivity index (χ1n) is 12.9. The average molecular weight is 676 g/mol. The molecule has 1 N–H and O–H groups in total. The van der Waals surface area contributed by atoms with Crippen molar-refractivity contribution in [3.63, 3.8) is 0 Å². The van der Waals surface area contributed by atoms with Crippen LogP contribution in [-0.4, -0.2) is 78.4 Å². The molecule has 8 nitrogen and oxygen atoms in total. The number of aromatic amines is 1. The molecule has 5 rings (SSSR count). The van der Waals surface area contributed by atoms with Gasteiger partial charge in [0.15, 0.2) is 11.5 Å². The first kappa shape index (κ1) is 33.1. The highest BCUT2D eigenvalue weighted by Crippen LogP contribution is 2.57. The number of para-hydroxylation sites is 1. The minimum absolute atomic E-state index is 0.118. The van der Waals surface area contributed by atoms with Crippen LogP contribution in [0.25, 0.3) is 10.9 Å². The molecule has 2 aromatic carbocycles. The summed E-state index contributed by atoms with van der Waals surface area (Å²) in [5.74, 6) is -25.4. The van der Waals surface area contributed by atoms with Gasteiger partial charge in [-0.1, -0.05) is 24.3 Å². The molecule has 2 aliphatic rings. The number of esters is 1. The molecule has 3 aromatic rings. The zero-order valence-electron chi connectivity index (χ0n) is 22.9. The van der Waals surface area contributed by atoms with Gasteiger partial charge in [-0.25, -0.2) is 4.79 Å². The van der Waals surface area contributed by atoms with E-state index in [4.69, 9.17) is 14.2 Å². The van der Waals surface area contributed by atoms with Crippen LogP contribution in [0, 0.1) is 0 Å². The minimum Gasteiger partial charge on any atom is -0.467 e. The van der Waals surface area contributed by atoms with Crippen LogP contribution < -0.4 is 9.47 Å². The average Bonchev–Trinajstić information content (AvgIpc) is 3.61.